The summed E-state index contributed by atoms with van der Waals surface area (Å²) in [5.74, 6) is 0.144. The number of carbonyl (C=O) groups is 1. The Kier molecular flexibility index (Phi) is 5.18. The molecule has 0 aliphatic carbocycles. The maximum Gasteiger partial charge on any atom is 0.345 e. The molecule has 1 aromatic carbocycles. The van der Waals surface area contributed by atoms with E-state index < -0.39 is 5.97 Å². The third-order valence-electron chi connectivity index (χ3n) is 4.43. The van der Waals surface area contributed by atoms with E-state index in [0.717, 1.165) is 16.7 Å². The minimum atomic E-state index is -0.641. The lowest BCUT2D eigenvalue weighted by atomic mass is 10.1. The average molecular weight is 409 g/mol. The summed E-state index contributed by atoms with van der Waals surface area (Å²) < 4.78 is 11.0. The second-order valence-corrected chi connectivity index (χ2v) is 6.81. The summed E-state index contributed by atoms with van der Waals surface area (Å²) in [5.41, 5.74) is 2.40. The Morgan fingerprint density at radius 3 is 2.97 bits per heavy atom. The number of ether oxygens (including phenoxy) is 1. The maximum atomic E-state index is 12.5. The molecule has 6 nitrogen and oxygen atoms in total. The van der Waals surface area contributed by atoms with Crippen molar-refractivity contribution < 1.29 is 19.1 Å². The number of aromatic hydroxyl groups is 1. The van der Waals surface area contributed by atoms with Crippen molar-refractivity contribution in [3.05, 3.63) is 75.8 Å². The molecule has 4 rings (SSSR count). The van der Waals surface area contributed by atoms with E-state index in [9.17, 15) is 9.90 Å². The number of pyridine rings is 1. The molecule has 0 saturated carbocycles. The molecule has 3 aromatic rings. The number of hydrogen-bond acceptors (Lipinski definition) is 6. The molecule has 0 fully saturated rings. The SMILES string of the molecule is CCOC(=O)c1c(Cc2cccc(Cl)c2)oc(C=C2C=Nc3ncccc32)c1O. The van der Waals surface area contributed by atoms with Gasteiger partial charge in [-0.05, 0) is 42.8 Å². The van der Waals surface area contributed by atoms with Crippen LogP contribution in [0, 0.1) is 0 Å². The number of esters is 1. The molecule has 0 amide bonds. The van der Waals surface area contributed by atoms with E-state index in [0.29, 0.717) is 16.6 Å². The smallest absolute Gasteiger partial charge is 0.345 e. The fourth-order valence-electron chi connectivity index (χ4n) is 3.14. The number of rotatable bonds is 5. The number of furan rings is 1. The number of carbonyl (C=O) groups excluding carboxylic acids is 1. The van der Waals surface area contributed by atoms with E-state index in [1.54, 1.807) is 43.6 Å². The molecule has 0 saturated heterocycles. The Labute approximate surface area is 172 Å². The van der Waals surface area contributed by atoms with Crippen LogP contribution >= 0.6 is 11.6 Å². The first-order chi connectivity index (χ1) is 14.1. The van der Waals surface area contributed by atoms with E-state index in [2.05, 4.69) is 9.98 Å². The molecule has 146 valence electrons. The highest BCUT2D eigenvalue weighted by molar-refractivity contribution is 6.30. The van der Waals surface area contributed by atoms with Crippen molar-refractivity contribution in [3.63, 3.8) is 0 Å². The van der Waals surface area contributed by atoms with Crippen LogP contribution in [0.15, 0.2) is 52.0 Å². The van der Waals surface area contributed by atoms with Crippen LogP contribution in [0.1, 0.15) is 39.9 Å². The fraction of sp³-hybridized carbons (Fsp3) is 0.136. The number of halogens is 1. The molecule has 3 heterocycles. The Hall–Kier alpha value is -3.38. The molecule has 29 heavy (non-hydrogen) atoms. The molecule has 1 aliphatic rings. The summed E-state index contributed by atoms with van der Waals surface area (Å²) in [6.45, 7) is 1.88. The molecule has 0 atom stereocenters. The molecule has 0 unspecified atom stereocenters. The molecule has 0 spiro atoms. The lowest BCUT2D eigenvalue weighted by molar-refractivity contribution is 0.0521. The first-order valence-electron chi connectivity index (χ1n) is 9.04. The lowest BCUT2D eigenvalue weighted by Gasteiger charge is -2.03. The van der Waals surface area contributed by atoms with Crippen molar-refractivity contribution in [2.24, 2.45) is 4.99 Å². The van der Waals surface area contributed by atoms with Crippen LogP contribution in [-0.2, 0) is 11.2 Å². The van der Waals surface area contributed by atoms with Crippen molar-refractivity contribution in [2.75, 3.05) is 6.61 Å². The second-order valence-electron chi connectivity index (χ2n) is 6.37. The van der Waals surface area contributed by atoms with E-state index >= 15 is 0 Å². The number of benzene rings is 1. The summed E-state index contributed by atoms with van der Waals surface area (Å²) in [5, 5.41) is 11.3. The molecule has 0 radical (unpaired) electrons. The van der Waals surface area contributed by atoms with E-state index in [-0.39, 0.29) is 30.1 Å². The number of aromatic nitrogens is 1. The molecule has 2 aromatic heterocycles. The zero-order valence-corrected chi connectivity index (χ0v) is 16.3. The number of hydrogen-bond donors (Lipinski definition) is 1. The van der Waals surface area contributed by atoms with Crippen molar-refractivity contribution in [2.45, 2.75) is 13.3 Å². The summed E-state index contributed by atoms with van der Waals surface area (Å²) in [4.78, 5) is 20.9. The summed E-state index contributed by atoms with van der Waals surface area (Å²) in [6, 6.07) is 10.9. The first-order valence-corrected chi connectivity index (χ1v) is 9.42. The lowest BCUT2D eigenvalue weighted by Crippen LogP contribution is -2.06. The van der Waals surface area contributed by atoms with Crippen LogP contribution in [0.3, 0.4) is 0 Å². The van der Waals surface area contributed by atoms with Gasteiger partial charge in [0.05, 0.1) is 6.61 Å². The van der Waals surface area contributed by atoms with Gasteiger partial charge in [0.1, 0.15) is 11.3 Å². The standard InChI is InChI=1S/C22H17ClN2O4/c1-2-28-22(27)19-17(10-13-5-3-6-15(23)9-13)29-18(20(19)26)11-14-12-25-21-16(14)7-4-8-24-21/h3-9,11-12,26H,2,10H2,1H3. The van der Waals surface area contributed by atoms with Crippen molar-refractivity contribution >= 4 is 41.3 Å². The van der Waals surface area contributed by atoms with Crippen molar-refractivity contribution in [3.8, 4) is 5.75 Å². The van der Waals surface area contributed by atoms with Gasteiger partial charge in [0.2, 0.25) is 0 Å². The first kappa shape index (κ1) is 19.0. The normalized spacial score (nSPS) is 13.7. The van der Waals surface area contributed by atoms with Crippen LogP contribution in [0.25, 0.3) is 11.6 Å². The Balaban J connectivity index is 1.77. The van der Waals surface area contributed by atoms with Gasteiger partial charge in [-0.1, -0.05) is 23.7 Å². The van der Waals surface area contributed by atoms with Crippen LogP contribution < -0.4 is 0 Å². The van der Waals surface area contributed by atoms with Gasteiger partial charge in [0.25, 0.3) is 0 Å². The molecule has 1 aliphatic heterocycles. The highest BCUT2D eigenvalue weighted by Gasteiger charge is 2.27. The Bertz CT molecular complexity index is 1150. The van der Waals surface area contributed by atoms with Gasteiger partial charge in [-0.25, -0.2) is 14.8 Å². The second kappa shape index (κ2) is 7.93. The van der Waals surface area contributed by atoms with Crippen molar-refractivity contribution in [1.29, 1.82) is 0 Å². The van der Waals surface area contributed by atoms with Gasteiger partial charge in [-0.2, -0.15) is 0 Å². The Morgan fingerprint density at radius 1 is 1.31 bits per heavy atom. The Morgan fingerprint density at radius 2 is 2.17 bits per heavy atom. The maximum absolute atomic E-state index is 12.5. The van der Waals surface area contributed by atoms with Crippen LogP contribution in [0.2, 0.25) is 5.02 Å². The molecular weight excluding hydrogens is 392 g/mol. The predicted molar refractivity (Wildman–Crippen MR) is 111 cm³/mol. The van der Waals surface area contributed by atoms with Gasteiger partial charge in [-0.15, -0.1) is 0 Å². The highest BCUT2D eigenvalue weighted by Crippen LogP contribution is 2.37. The highest BCUT2D eigenvalue weighted by atomic mass is 35.5. The zero-order chi connectivity index (χ0) is 20.4. The van der Waals surface area contributed by atoms with E-state index in [1.807, 2.05) is 18.2 Å². The quantitative estimate of drug-likeness (QED) is 0.596. The zero-order valence-electron chi connectivity index (χ0n) is 15.6. The average Bonchev–Trinajstić information content (AvgIpc) is 3.24. The molecule has 0 bridgehead atoms. The minimum absolute atomic E-state index is 0.0139. The number of nitrogens with zero attached hydrogens (tertiary/aromatic N) is 2. The molecule has 1 N–H and O–H groups in total. The summed E-state index contributed by atoms with van der Waals surface area (Å²) >= 11 is 6.06. The van der Waals surface area contributed by atoms with Gasteiger partial charge < -0.3 is 14.3 Å². The number of fused-ring (bicyclic) bond motifs is 1. The summed E-state index contributed by atoms with van der Waals surface area (Å²) in [6.07, 6.45) is 5.21. The molecule has 7 heteroatoms. The van der Waals surface area contributed by atoms with Crippen LogP contribution in [-0.4, -0.2) is 28.9 Å². The van der Waals surface area contributed by atoms with Crippen LogP contribution in [0.5, 0.6) is 5.75 Å². The number of allylic oxidation sites excluding steroid dienone is 1. The fourth-order valence-corrected chi connectivity index (χ4v) is 3.35. The monoisotopic (exact) mass is 408 g/mol. The largest absolute Gasteiger partial charge is 0.504 e. The number of aliphatic imine (C=N–C) groups is 1. The van der Waals surface area contributed by atoms with E-state index in [4.69, 9.17) is 20.8 Å². The summed E-state index contributed by atoms with van der Waals surface area (Å²) in [7, 11) is 0. The van der Waals surface area contributed by atoms with Gasteiger partial charge in [-0.3, -0.25) is 0 Å². The third-order valence-corrected chi connectivity index (χ3v) is 4.66. The molecular formula is C22H17ClN2O4. The van der Waals surface area contributed by atoms with Crippen LogP contribution in [0.4, 0.5) is 5.82 Å². The topological polar surface area (TPSA) is 84.9 Å². The van der Waals surface area contributed by atoms with Gasteiger partial charge in [0.15, 0.2) is 17.3 Å². The third kappa shape index (κ3) is 3.79. The minimum Gasteiger partial charge on any atom is -0.504 e. The van der Waals surface area contributed by atoms with E-state index in [1.165, 1.54) is 0 Å². The van der Waals surface area contributed by atoms with Gasteiger partial charge >= 0.3 is 5.97 Å². The van der Waals surface area contributed by atoms with Crippen molar-refractivity contribution in [1.82, 2.24) is 4.98 Å². The predicted octanol–water partition coefficient (Wildman–Crippen LogP) is 5.06. The van der Waals surface area contributed by atoms with Gasteiger partial charge in [0, 0.05) is 35.0 Å².